The topological polar surface area (TPSA) is 64.1 Å². The van der Waals surface area contributed by atoms with Crippen molar-refractivity contribution in [1.29, 1.82) is 0 Å². The molecule has 0 aliphatic heterocycles. The van der Waals surface area contributed by atoms with Crippen molar-refractivity contribution in [3.8, 4) is 11.5 Å². The van der Waals surface area contributed by atoms with E-state index in [1.165, 1.54) is 11.3 Å². The zero-order chi connectivity index (χ0) is 15.4. The average Bonchev–Trinajstić information content (AvgIpc) is 2.93. The highest BCUT2D eigenvalue weighted by Crippen LogP contribution is 2.22. The molecule has 1 amide bonds. The molecule has 0 bridgehead atoms. The molecule has 6 heteroatoms. The predicted octanol–water partition coefficient (Wildman–Crippen LogP) is 3.89. The van der Waals surface area contributed by atoms with Crippen LogP contribution in [0.2, 0.25) is 0 Å². The molecule has 22 heavy (non-hydrogen) atoms. The van der Waals surface area contributed by atoms with Crippen LogP contribution in [0.15, 0.2) is 54.6 Å². The quantitative estimate of drug-likeness (QED) is 0.794. The number of nitrogens with zero attached hydrogens (tertiary/aromatic N) is 2. The van der Waals surface area contributed by atoms with Gasteiger partial charge in [0, 0.05) is 5.56 Å². The Morgan fingerprint density at radius 1 is 1.05 bits per heavy atom. The molecule has 3 rings (SSSR count). The molecule has 1 N–H and O–H groups in total. The zero-order valence-corrected chi connectivity index (χ0v) is 12.6. The Kier molecular flexibility index (Phi) is 4.11. The van der Waals surface area contributed by atoms with Crippen LogP contribution < -0.4 is 10.1 Å². The molecule has 0 saturated heterocycles. The number of aromatic nitrogens is 2. The molecule has 110 valence electrons. The van der Waals surface area contributed by atoms with E-state index in [0.717, 1.165) is 10.8 Å². The average molecular weight is 311 g/mol. The van der Waals surface area contributed by atoms with Crippen LogP contribution in [0.3, 0.4) is 0 Å². The maximum Gasteiger partial charge on any atom is 0.257 e. The van der Waals surface area contributed by atoms with Gasteiger partial charge in [-0.2, -0.15) is 0 Å². The molecule has 0 aliphatic carbocycles. The Bertz CT molecular complexity index is 787. The Morgan fingerprint density at radius 2 is 1.82 bits per heavy atom. The molecular formula is C16H13N3O2S. The Morgan fingerprint density at radius 3 is 2.55 bits per heavy atom. The van der Waals surface area contributed by atoms with E-state index >= 15 is 0 Å². The second-order valence-corrected chi connectivity index (χ2v) is 5.70. The van der Waals surface area contributed by atoms with E-state index in [2.05, 4.69) is 15.5 Å². The maximum absolute atomic E-state index is 12.2. The van der Waals surface area contributed by atoms with Gasteiger partial charge in [0.2, 0.25) is 5.13 Å². The van der Waals surface area contributed by atoms with Gasteiger partial charge in [0.05, 0.1) is 0 Å². The summed E-state index contributed by atoms with van der Waals surface area (Å²) in [4.78, 5) is 12.2. The van der Waals surface area contributed by atoms with Crippen molar-refractivity contribution in [1.82, 2.24) is 10.2 Å². The third-order valence-corrected chi connectivity index (χ3v) is 3.58. The van der Waals surface area contributed by atoms with Gasteiger partial charge in [-0.1, -0.05) is 35.6 Å². The number of carbonyl (C=O) groups excluding carboxylic acids is 1. The number of aryl methyl sites for hydroxylation is 1. The molecule has 0 spiro atoms. The number of para-hydroxylation sites is 1. The van der Waals surface area contributed by atoms with Crippen molar-refractivity contribution in [3.63, 3.8) is 0 Å². The maximum atomic E-state index is 12.2. The SMILES string of the molecule is Cc1nnc(NC(=O)c2cccc(Oc3ccccc3)c2)s1. The van der Waals surface area contributed by atoms with Gasteiger partial charge in [-0.25, -0.2) is 0 Å². The summed E-state index contributed by atoms with van der Waals surface area (Å²) < 4.78 is 5.72. The lowest BCUT2D eigenvalue weighted by Crippen LogP contribution is -2.11. The van der Waals surface area contributed by atoms with Crippen LogP contribution in [0.25, 0.3) is 0 Å². The van der Waals surface area contributed by atoms with Crippen molar-refractivity contribution in [2.24, 2.45) is 0 Å². The standard InChI is InChI=1S/C16H13N3O2S/c1-11-18-19-16(22-11)17-15(20)12-6-5-9-14(10-12)21-13-7-3-2-4-8-13/h2-10H,1H3,(H,17,19,20). The molecule has 1 aromatic heterocycles. The van der Waals surface area contributed by atoms with Gasteiger partial charge in [-0.05, 0) is 37.3 Å². The normalized spacial score (nSPS) is 10.2. The summed E-state index contributed by atoms with van der Waals surface area (Å²) in [6.45, 7) is 1.83. The monoisotopic (exact) mass is 311 g/mol. The van der Waals surface area contributed by atoms with Crippen LogP contribution in [0.1, 0.15) is 15.4 Å². The number of ether oxygens (including phenoxy) is 1. The molecule has 0 radical (unpaired) electrons. The minimum absolute atomic E-state index is 0.241. The molecule has 0 fully saturated rings. The number of hydrogen-bond acceptors (Lipinski definition) is 5. The van der Waals surface area contributed by atoms with E-state index < -0.39 is 0 Å². The van der Waals surface area contributed by atoms with Crippen LogP contribution in [-0.2, 0) is 0 Å². The zero-order valence-electron chi connectivity index (χ0n) is 11.8. The highest BCUT2D eigenvalue weighted by atomic mass is 32.1. The smallest absolute Gasteiger partial charge is 0.257 e. The van der Waals surface area contributed by atoms with E-state index in [1.807, 2.05) is 37.3 Å². The van der Waals surface area contributed by atoms with Crippen molar-refractivity contribution in [2.45, 2.75) is 6.92 Å². The van der Waals surface area contributed by atoms with Gasteiger partial charge < -0.3 is 4.74 Å². The van der Waals surface area contributed by atoms with Gasteiger partial charge in [-0.15, -0.1) is 10.2 Å². The van der Waals surface area contributed by atoms with E-state index in [-0.39, 0.29) is 5.91 Å². The predicted molar refractivity (Wildman–Crippen MR) is 85.6 cm³/mol. The van der Waals surface area contributed by atoms with Crippen LogP contribution in [0.4, 0.5) is 5.13 Å². The first-order valence-electron chi connectivity index (χ1n) is 6.65. The number of anilines is 1. The second kappa shape index (κ2) is 6.36. The molecule has 1 heterocycles. The van der Waals surface area contributed by atoms with Gasteiger partial charge in [-0.3, -0.25) is 10.1 Å². The van der Waals surface area contributed by atoms with Crippen molar-refractivity contribution in [3.05, 3.63) is 65.2 Å². The first kappa shape index (κ1) is 14.2. The number of benzene rings is 2. The Balaban J connectivity index is 1.74. The van der Waals surface area contributed by atoms with E-state index in [4.69, 9.17) is 4.74 Å². The first-order valence-corrected chi connectivity index (χ1v) is 7.47. The summed E-state index contributed by atoms with van der Waals surface area (Å²) in [5, 5.41) is 11.7. The summed E-state index contributed by atoms with van der Waals surface area (Å²) in [6.07, 6.45) is 0. The van der Waals surface area contributed by atoms with Crippen LogP contribution >= 0.6 is 11.3 Å². The molecule has 2 aromatic carbocycles. The van der Waals surface area contributed by atoms with E-state index in [1.54, 1.807) is 24.3 Å². The number of amides is 1. The van der Waals surface area contributed by atoms with Crippen molar-refractivity contribution < 1.29 is 9.53 Å². The summed E-state index contributed by atoms with van der Waals surface area (Å²) in [5.41, 5.74) is 0.501. The summed E-state index contributed by atoms with van der Waals surface area (Å²) in [5.74, 6) is 1.08. The van der Waals surface area contributed by atoms with Crippen molar-refractivity contribution >= 4 is 22.4 Å². The summed E-state index contributed by atoms with van der Waals surface area (Å²) >= 11 is 1.33. The molecule has 5 nitrogen and oxygen atoms in total. The van der Waals surface area contributed by atoms with Gasteiger partial charge in [0.15, 0.2) is 0 Å². The highest BCUT2D eigenvalue weighted by Gasteiger charge is 2.10. The fourth-order valence-corrected chi connectivity index (χ4v) is 2.43. The minimum atomic E-state index is -0.241. The highest BCUT2D eigenvalue weighted by molar-refractivity contribution is 7.15. The third kappa shape index (κ3) is 3.48. The van der Waals surface area contributed by atoms with Gasteiger partial charge >= 0.3 is 0 Å². The van der Waals surface area contributed by atoms with Crippen molar-refractivity contribution in [2.75, 3.05) is 5.32 Å². The fraction of sp³-hybridized carbons (Fsp3) is 0.0625. The van der Waals surface area contributed by atoms with Crippen LogP contribution in [-0.4, -0.2) is 16.1 Å². The lowest BCUT2D eigenvalue weighted by Gasteiger charge is -2.07. The molecule has 0 aliphatic rings. The lowest BCUT2D eigenvalue weighted by molar-refractivity contribution is 0.102. The molecule has 0 unspecified atom stereocenters. The van der Waals surface area contributed by atoms with E-state index in [9.17, 15) is 4.79 Å². The number of rotatable bonds is 4. The van der Waals surface area contributed by atoms with Gasteiger partial charge in [0.1, 0.15) is 16.5 Å². The molecule has 3 aromatic rings. The fourth-order valence-electron chi connectivity index (χ4n) is 1.84. The van der Waals surface area contributed by atoms with Gasteiger partial charge in [0.25, 0.3) is 5.91 Å². The number of hydrogen-bond donors (Lipinski definition) is 1. The van der Waals surface area contributed by atoms with E-state index in [0.29, 0.717) is 16.4 Å². The Labute approximate surface area is 131 Å². The largest absolute Gasteiger partial charge is 0.457 e. The van der Waals surface area contributed by atoms with Crippen LogP contribution in [0, 0.1) is 6.92 Å². The Hall–Kier alpha value is -2.73. The number of nitrogens with one attached hydrogen (secondary N) is 1. The summed E-state index contributed by atoms with van der Waals surface area (Å²) in [7, 11) is 0. The molecule has 0 saturated carbocycles. The first-order chi connectivity index (χ1) is 10.7. The van der Waals surface area contributed by atoms with Crippen LogP contribution in [0.5, 0.6) is 11.5 Å². The minimum Gasteiger partial charge on any atom is -0.457 e. The third-order valence-electron chi connectivity index (χ3n) is 2.82. The molecule has 0 atom stereocenters. The lowest BCUT2D eigenvalue weighted by atomic mass is 10.2. The second-order valence-electron chi connectivity index (χ2n) is 4.52. The molecular weight excluding hydrogens is 298 g/mol. The number of carbonyl (C=O) groups is 1. The summed E-state index contributed by atoms with van der Waals surface area (Å²) in [6, 6.07) is 16.4.